The minimum Gasteiger partial charge on any atom is -0.496 e. The SMILES string of the molecule is COc1cc(C)ccc1C(=O)N=C(N)N.Cl. The van der Waals surface area contributed by atoms with Crippen molar-refractivity contribution in [1.82, 2.24) is 0 Å². The van der Waals surface area contributed by atoms with E-state index >= 15 is 0 Å². The molecule has 0 saturated carbocycles. The van der Waals surface area contributed by atoms with E-state index in [-0.39, 0.29) is 18.4 Å². The van der Waals surface area contributed by atoms with E-state index in [1.165, 1.54) is 7.11 Å². The first kappa shape index (κ1) is 14.2. The summed E-state index contributed by atoms with van der Waals surface area (Å²) in [5.41, 5.74) is 11.6. The van der Waals surface area contributed by atoms with Gasteiger partial charge < -0.3 is 16.2 Å². The molecule has 0 aliphatic rings. The van der Waals surface area contributed by atoms with Gasteiger partial charge in [0.25, 0.3) is 5.91 Å². The molecule has 88 valence electrons. The molecule has 0 aliphatic carbocycles. The second-order valence-corrected chi connectivity index (χ2v) is 3.05. The second kappa shape index (κ2) is 5.97. The summed E-state index contributed by atoms with van der Waals surface area (Å²) < 4.78 is 5.06. The van der Waals surface area contributed by atoms with Crippen LogP contribution >= 0.6 is 12.4 Å². The van der Waals surface area contributed by atoms with Gasteiger partial charge in [0.05, 0.1) is 12.7 Å². The monoisotopic (exact) mass is 243 g/mol. The molecule has 0 heterocycles. The lowest BCUT2D eigenvalue weighted by atomic mass is 10.1. The molecule has 4 N–H and O–H groups in total. The summed E-state index contributed by atoms with van der Waals surface area (Å²) in [5, 5.41) is 0. The highest BCUT2D eigenvalue weighted by atomic mass is 35.5. The van der Waals surface area contributed by atoms with Gasteiger partial charge in [-0.05, 0) is 24.6 Å². The average Bonchev–Trinajstić information content (AvgIpc) is 2.16. The quantitative estimate of drug-likeness (QED) is 0.595. The van der Waals surface area contributed by atoms with Crippen LogP contribution in [0.4, 0.5) is 0 Å². The molecule has 1 rings (SSSR count). The van der Waals surface area contributed by atoms with Gasteiger partial charge in [0.1, 0.15) is 5.75 Å². The van der Waals surface area contributed by atoms with Crippen molar-refractivity contribution in [2.24, 2.45) is 16.5 Å². The van der Waals surface area contributed by atoms with Crippen LogP contribution in [0.25, 0.3) is 0 Å². The number of carbonyl (C=O) groups excluding carboxylic acids is 1. The maximum absolute atomic E-state index is 11.5. The summed E-state index contributed by atoms with van der Waals surface area (Å²) in [6, 6.07) is 5.16. The number of benzene rings is 1. The zero-order chi connectivity index (χ0) is 11.4. The highest BCUT2D eigenvalue weighted by molar-refractivity contribution is 6.03. The van der Waals surface area contributed by atoms with Crippen LogP contribution in [0.2, 0.25) is 0 Å². The van der Waals surface area contributed by atoms with Gasteiger partial charge in [-0.1, -0.05) is 6.07 Å². The third-order valence-electron chi connectivity index (χ3n) is 1.82. The van der Waals surface area contributed by atoms with E-state index in [4.69, 9.17) is 16.2 Å². The number of aryl methyl sites for hydroxylation is 1. The fourth-order valence-corrected chi connectivity index (χ4v) is 1.15. The molecule has 0 radical (unpaired) electrons. The van der Waals surface area contributed by atoms with Gasteiger partial charge in [0.15, 0.2) is 5.96 Å². The Balaban J connectivity index is 0.00000225. The Morgan fingerprint density at radius 3 is 2.50 bits per heavy atom. The topological polar surface area (TPSA) is 90.7 Å². The highest BCUT2D eigenvalue weighted by Gasteiger charge is 2.11. The number of nitrogens with two attached hydrogens (primary N) is 2. The maximum atomic E-state index is 11.5. The van der Waals surface area contributed by atoms with Crippen LogP contribution in [0.1, 0.15) is 15.9 Å². The molecule has 1 amide bonds. The first-order valence-corrected chi connectivity index (χ1v) is 4.33. The highest BCUT2D eigenvalue weighted by Crippen LogP contribution is 2.20. The van der Waals surface area contributed by atoms with Crippen LogP contribution in [0.3, 0.4) is 0 Å². The summed E-state index contributed by atoms with van der Waals surface area (Å²) in [6.07, 6.45) is 0. The fraction of sp³-hybridized carbons (Fsp3) is 0.200. The minimum absolute atomic E-state index is 0. The standard InChI is InChI=1S/C10H13N3O2.ClH/c1-6-3-4-7(8(5-6)15-2)9(14)13-10(11)12;/h3-5H,1-2H3,(H4,11,12,13,14);1H. The van der Waals surface area contributed by atoms with Gasteiger partial charge in [-0.3, -0.25) is 4.79 Å². The Bertz CT molecular complexity index is 415. The molecular formula is C10H14ClN3O2. The first-order valence-electron chi connectivity index (χ1n) is 4.33. The number of ether oxygens (including phenoxy) is 1. The Labute approximate surface area is 99.9 Å². The molecule has 0 spiro atoms. The van der Waals surface area contributed by atoms with Gasteiger partial charge in [-0.25, -0.2) is 0 Å². The maximum Gasteiger partial charge on any atom is 0.283 e. The van der Waals surface area contributed by atoms with Crippen molar-refractivity contribution in [1.29, 1.82) is 0 Å². The van der Waals surface area contributed by atoms with E-state index in [0.29, 0.717) is 11.3 Å². The van der Waals surface area contributed by atoms with Crippen LogP contribution in [-0.4, -0.2) is 19.0 Å². The smallest absolute Gasteiger partial charge is 0.283 e. The molecule has 0 fully saturated rings. The van der Waals surface area contributed by atoms with Gasteiger partial charge in [-0.2, -0.15) is 4.99 Å². The van der Waals surface area contributed by atoms with Crippen LogP contribution < -0.4 is 16.2 Å². The Kier molecular flexibility index (Phi) is 5.32. The van der Waals surface area contributed by atoms with Gasteiger partial charge in [0.2, 0.25) is 0 Å². The Hall–Kier alpha value is -1.75. The van der Waals surface area contributed by atoms with Crippen LogP contribution in [0, 0.1) is 6.92 Å². The molecule has 0 bridgehead atoms. The van der Waals surface area contributed by atoms with Crippen molar-refractivity contribution in [3.8, 4) is 5.75 Å². The van der Waals surface area contributed by atoms with Crippen LogP contribution in [0.15, 0.2) is 23.2 Å². The molecule has 1 aromatic rings. The van der Waals surface area contributed by atoms with Gasteiger partial charge in [-0.15, -0.1) is 12.4 Å². The summed E-state index contributed by atoms with van der Waals surface area (Å²) >= 11 is 0. The second-order valence-electron chi connectivity index (χ2n) is 3.05. The lowest BCUT2D eigenvalue weighted by Gasteiger charge is -2.05. The first-order chi connectivity index (χ1) is 7.04. The van der Waals surface area contributed by atoms with E-state index < -0.39 is 5.91 Å². The number of methoxy groups -OCH3 is 1. The summed E-state index contributed by atoms with van der Waals surface area (Å²) in [7, 11) is 1.49. The largest absolute Gasteiger partial charge is 0.496 e. The van der Waals surface area contributed by atoms with E-state index in [1.807, 2.05) is 6.92 Å². The fourth-order valence-electron chi connectivity index (χ4n) is 1.15. The molecule has 0 aromatic heterocycles. The summed E-state index contributed by atoms with van der Waals surface area (Å²) in [5.74, 6) is -0.306. The molecular weight excluding hydrogens is 230 g/mol. The lowest BCUT2D eigenvalue weighted by molar-refractivity contribution is 0.1000. The van der Waals surface area contributed by atoms with Crippen molar-refractivity contribution in [3.05, 3.63) is 29.3 Å². The molecule has 0 unspecified atom stereocenters. The molecule has 0 saturated heterocycles. The lowest BCUT2D eigenvalue weighted by Crippen LogP contribution is -2.24. The zero-order valence-corrected chi connectivity index (χ0v) is 9.88. The van der Waals surface area contributed by atoms with Gasteiger partial charge in [0, 0.05) is 0 Å². The number of aliphatic imine (C=N–C) groups is 1. The van der Waals surface area contributed by atoms with Crippen LogP contribution in [-0.2, 0) is 0 Å². The normalized spacial score (nSPS) is 8.88. The zero-order valence-electron chi connectivity index (χ0n) is 9.06. The number of amides is 1. The number of hydrogen-bond donors (Lipinski definition) is 2. The van der Waals surface area contributed by atoms with Gasteiger partial charge >= 0.3 is 0 Å². The van der Waals surface area contributed by atoms with Crippen molar-refractivity contribution >= 4 is 24.3 Å². The number of guanidine groups is 1. The number of nitrogens with zero attached hydrogens (tertiary/aromatic N) is 1. The molecule has 6 heteroatoms. The Morgan fingerprint density at radius 1 is 1.38 bits per heavy atom. The summed E-state index contributed by atoms with van der Waals surface area (Å²) in [6.45, 7) is 1.90. The average molecular weight is 244 g/mol. The summed E-state index contributed by atoms with van der Waals surface area (Å²) in [4.78, 5) is 15.0. The number of hydrogen-bond acceptors (Lipinski definition) is 2. The van der Waals surface area contributed by atoms with Crippen molar-refractivity contribution in [2.45, 2.75) is 6.92 Å². The predicted octanol–water partition coefficient (Wildman–Crippen LogP) is 0.839. The van der Waals surface area contributed by atoms with Crippen molar-refractivity contribution in [2.75, 3.05) is 7.11 Å². The predicted molar refractivity (Wildman–Crippen MR) is 65.1 cm³/mol. The number of rotatable bonds is 2. The van der Waals surface area contributed by atoms with Crippen LogP contribution in [0.5, 0.6) is 5.75 Å². The van der Waals surface area contributed by atoms with E-state index in [1.54, 1.807) is 18.2 Å². The molecule has 1 aromatic carbocycles. The molecule has 0 atom stereocenters. The number of halogens is 1. The van der Waals surface area contributed by atoms with Crippen molar-refractivity contribution in [3.63, 3.8) is 0 Å². The molecule has 0 aliphatic heterocycles. The number of carbonyl (C=O) groups is 1. The Morgan fingerprint density at radius 2 is 2.00 bits per heavy atom. The van der Waals surface area contributed by atoms with Crippen molar-refractivity contribution < 1.29 is 9.53 Å². The van der Waals surface area contributed by atoms with E-state index in [2.05, 4.69) is 4.99 Å². The molecule has 16 heavy (non-hydrogen) atoms. The molecule has 5 nitrogen and oxygen atoms in total. The van der Waals surface area contributed by atoms with E-state index in [0.717, 1.165) is 5.56 Å². The minimum atomic E-state index is -0.508. The third kappa shape index (κ3) is 3.43. The van der Waals surface area contributed by atoms with E-state index in [9.17, 15) is 4.79 Å². The third-order valence-corrected chi connectivity index (χ3v) is 1.82.